The van der Waals surface area contributed by atoms with Crippen molar-refractivity contribution in [3.63, 3.8) is 0 Å². The van der Waals surface area contributed by atoms with Crippen molar-refractivity contribution in [3.8, 4) is 5.75 Å². The Bertz CT molecular complexity index is 843. The highest BCUT2D eigenvalue weighted by atomic mass is 32.2. The van der Waals surface area contributed by atoms with Crippen LogP contribution in [0.5, 0.6) is 5.75 Å². The first-order valence-corrected chi connectivity index (χ1v) is 9.42. The van der Waals surface area contributed by atoms with Gasteiger partial charge >= 0.3 is 12.5 Å². The Hall–Kier alpha value is -2.22. The molecule has 0 unspecified atom stereocenters. The van der Waals surface area contributed by atoms with Gasteiger partial charge in [-0.25, -0.2) is 4.99 Å². The number of nitrogens with zero attached hydrogens (tertiary/aromatic N) is 2. The molecule has 0 fully saturated rings. The summed E-state index contributed by atoms with van der Waals surface area (Å²) in [6.45, 7) is 6.73. The second kappa shape index (κ2) is 9.32. The van der Waals surface area contributed by atoms with Crippen LogP contribution in [0.3, 0.4) is 0 Å². The molecule has 0 aliphatic heterocycles. The van der Waals surface area contributed by atoms with Gasteiger partial charge in [-0.3, -0.25) is 0 Å². The first-order chi connectivity index (χ1) is 13.1. The molecule has 2 aromatic rings. The van der Waals surface area contributed by atoms with E-state index in [0.29, 0.717) is 4.90 Å². The number of aliphatic imine (C=N–C) groups is 1. The lowest BCUT2D eigenvalue weighted by Gasteiger charge is -2.17. The molecule has 0 amide bonds. The quantitative estimate of drug-likeness (QED) is 0.288. The van der Waals surface area contributed by atoms with E-state index in [-0.39, 0.29) is 5.75 Å². The van der Waals surface area contributed by atoms with Gasteiger partial charge in [0.2, 0.25) is 0 Å². The molecule has 0 heterocycles. The molecule has 2 aromatic carbocycles. The van der Waals surface area contributed by atoms with Crippen LogP contribution in [0.4, 0.5) is 23.2 Å². The molecule has 0 aromatic heterocycles. The van der Waals surface area contributed by atoms with Gasteiger partial charge in [-0.15, -0.1) is 0 Å². The summed E-state index contributed by atoms with van der Waals surface area (Å²) in [5, 5.41) is 0. The van der Waals surface area contributed by atoms with Gasteiger partial charge in [-0.2, -0.15) is 17.6 Å². The van der Waals surface area contributed by atoms with Crippen LogP contribution in [0.25, 0.3) is 0 Å². The third kappa shape index (κ3) is 5.89. The summed E-state index contributed by atoms with van der Waals surface area (Å²) < 4.78 is 55.0. The number of benzene rings is 2. The van der Waals surface area contributed by atoms with Crippen LogP contribution >= 0.6 is 11.8 Å². The van der Waals surface area contributed by atoms with Gasteiger partial charge in [0.05, 0.1) is 12.0 Å². The summed E-state index contributed by atoms with van der Waals surface area (Å²) in [4.78, 5) is 7.95. The fraction of sp³-hybridized carbons (Fsp3) is 0.350. The Morgan fingerprint density at radius 2 is 1.89 bits per heavy atom. The molecular weight excluding hydrogens is 392 g/mol. The molecule has 0 spiro atoms. The minimum atomic E-state index is -4.53. The first-order valence-electron chi connectivity index (χ1n) is 8.61. The largest absolute Gasteiger partial charge is 0.461 e. The van der Waals surface area contributed by atoms with Crippen LogP contribution in [-0.4, -0.2) is 37.4 Å². The molecule has 0 saturated carbocycles. The Morgan fingerprint density at radius 3 is 2.54 bits per heavy atom. The van der Waals surface area contributed by atoms with Gasteiger partial charge in [0.15, 0.2) is 0 Å². The predicted octanol–water partition coefficient (Wildman–Crippen LogP) is 6.30. The highest BCUT2D eigenvalue weighted by Gasteiger charge is 2.43. The van der Waals surface area contributed by atoms with Gasteiger partial charge in [0.25, 0.3) is 0 Å². The molecule has 0 bridgehead atoms. The molecule has 8 heteroatoms. The summed E-state index contributed by atoms with van der Waals surface area (Å²) in [5.41, 5.74) is 2.77. The van der Waals surface area contributed by atoms with Gasteiger partial charge in [0.1, 0.15) is 5.75 Å². The molecule has 0 radical (unpaired) electrons. The van der Waals surface area contributed by atoms with E-state index in [9.17, 15) is 17.6 Å². The van der Waals surface area contributed by atoms with Crippen molar-refractivity contribution < 1.29 is 22.3 Å². The van der Waals surface area contributed by atoms with Crippen LogP contribution in [-0.2, 0) is 0 Å². The van der Waals surface area contributed by atoms with Gasteiger partial charge in [0, 0.05) is 23.4 Å². The van der Waals surface area contributed by atoms with E-state index in [1.165, 1.54) is 30.0 Å². The third-order valence-corrected chi connectivity index (χ3v) is 5.08. The van der Waals surface area contributed by atoms with Crippen molar-refractivity contribution in [3.05, 3.63) is 47.5 Å². The molecule has 0 atom stereocenters. The Balaban J connectivity index is 2.21. The number of halogens is 4. The van der Waals surface area contributed by atoms with Crippen LogP contribution in [0, 0.1) is 13.8 Å². The molecular formula is C20H22F4N2OS. The van der Waals surface area contributed by atoms with Crippen LogP contribution in [0.2, 0.25) is 0 Å². The van der Waals surface area contributed by atoms with Gasteiger partial charge < -0.3 is 9.64 Å². The summed E-state index contributed by atoms with van der Waals surface area (Å²) in [5.74, 6) is -0.312. The number of aryl methyl sites for hydroxylation is 2. The second-order valence-electron chi connectivity index (χ2n) is 6.26. The topological polar surface area (TPSA) is 24.8 Å². The van der Waals surface area contributed by atoms with Crippen LogP contribution < -0.4 is 4.74 Å². The number of hydrogen-bond acceptors (Lipinski definition) is 3. The monoisotopic (exact) mass is 414 g/mol. The lowest BCUT2D eigenvalue weighted by molar-refractivity contribution is -0.253. The van der Waals surface area contributed by atoms with Crippen LogP contribution in [0.1, 0.15) is 18.1 Å². The molecule has 2 rings (SSSR count). The maximum atomic E-state index is 13.1. The number of hydrogen-bond donors (Lipinski definition) is 0. The van der Waals surface area contributed by atoms with Crippen molar-refractivity contribution in [2.24, 2.45) is 4.99 Å². The lowest BCUT2D eigenvalue weighted by Crippen LogP contribution is -2.33. The molecule has 152 valence electrons. The van der Waals surface area contributed by atoms with Gasteiger partial charge in [-0.05, 0) is 62.2 Å². The number of rotatable bonds is 8. The Labute approximate surface area is 166 Å². The molecule has 0 aliphatic carbocycles. The van der Waals surface area contributed by atoms with Crippen molar-refractivity contribution in [2.45, 2.75) is 43.1 Å². The standard InChI is InChI=1S/C20H22F4N2OS/c1-5-26(4)12-25-17-9-14(3)18(10-13(17)2)28-16-8-6-7-15(11-16)27-20(23,24)19(21)22/h6-12,19H,5H2,1-4H3/b25-12-. The van der Waals surface area contributed by atoms with Crippen molar-refractivity contribution in [2.75, 3.05) is 13.6 Å². The van der Waals surface area contributed by atoms with Crippen molar-refractivity contribution in [1.29, 1.82) is 0 Å². The zero-order valence-corrected chi connectivity index (χ0v) is 16.9. The van der Waals surface area contributed by atoms with E-state index >= 15 is 0 Å². The van der Waals surface area contributed by atoms with E-state index in [1.54, 1.807) is 12.4 Å². The minimum Gasteiger partial charge on any atom is -0.428 e. The molecule has 0 N–H and O–H groups in total. The zero-order chi connectivity index (χ0) is 20.9. The fourth-order valence-electron chi connectivity index (χ4n) is 2.20. The van der Waals surface area contributed by atoms with Crippen molar-refractivity contribution >= 4 is 23.8 Å². The highest BCUT2D eigenvalue weighted by Crippen LogP contribution is 2.36. The third-order valence-electron chi connectivity index (χ3n) is 3.93. The smallest absolute Gasteiger partial charge is 0.428 e. The maximum Gasteiger partial charge on any atom is 0.461 e. The summed E-state index contributed by atoms with van der Waals surface area (Å²) in [6, 6.07) is 9.64. The SMILES string of the molecule is CCN(C)/C=N\c1cc(C)c(Sc2cccc(OC(F)(F)C(F)F)c2)cc1C. The molecule has 0 saturated heterocycles. The van der Waals surface area contributed by atoms with Gasteiger partial charge in [-0.1, -0.05) is 17.8 Å². The minimum absolute atomic E-state index is 0.312. The van der Waals surface area contributed by atoms with Crippen LogP contribution in [0.15, 0.2) is 51.2 Å². The average Bonchev–Trinajstić information content (AvgIpc) is 2.62. The Morgan fingerprint density at radius 1 is 1.18 bits per heavy atom. The number of ether oxygens (including phenoxy) is 1. The zero-order valence-electron chi connectivity index (χ0n) is 16.0. The molecule has 3 nitrogen and oxygen atoms in total. The normalized spacial score (nSPS) is 12.0. The lowest BCUT2D eigenvalue weighted by atomic mass is 10.1. The second-order valence-corrected chi connectivity index (χ2v) is 7.38. The highest BCUT2D eigenvalue weighted by molar-refractivity contribution is 7.99. The van der Waals surface area contributed by atoms with E-state index in [1.807, 2.05) is 44.9 Å². The predicted molar refractivity (Wildman–Crippen MR) is 105 cm³/mol. The first kappa shape index (κ1) is 22.1. The van der Waals surface area contributed by atoms with E-state index < -0.39 is 12.5 Å². The number of alkyl halides is 4. The maximum absolute atomic E-state index is 13.1. The van der Waals surface area contributed by atoms with Crippen molar-refractivity contribution in [1.82, 2.24) is 4.90 Å². The van der Waals surface area contributed by atoms with E-state index in [2.05, 4.69) is 9.73 Å². The summed E-state index contributed by atoms with van der Waals surface area (Å²) in [6.07, 6.45) is -6.66. The van der Waals surface area contributed by atoms with E-state index in [4.69, 9.17) is 0 Å². The summed E-state index contributed by atoms with van der Waals surface area (Å²) in [7, 11) is 1.93. The Kier molecular flexibility index (Phi) is 7.35. The molecule has 28 heavy (non-hydrogen) atoms. The average molecular weight is 414 g/mol. The van der Waals surface area contributed by atoms with E-state index in [0.717, 1.165) is 28.3 Å². The summed E-state index contributed by atoms with van der Waals surface area (Å²) >= 11 is 1.34. The molecule has 0 aliphatic rings. The fourth-order valence-corrected chi connectivity index (χ4v) is 3.23.